The van der Waals surface area contributed by atoms with Crippen LogP contribution in [-0.2, 0) is 13.0 Å². The Labute approximate surface area is 183 Å². The lowest BCUT2D eigenvalue weighted by Crippen LogP contribution is -2.40. The molecular weight excluding hydrogens is 392 g/mol. The molecule has 0 unspecified atom stereocenters. The van der Waals surface area contributed by atoms with Crippen molar-refractivity contribution in [2.24, 2.45) is 0 Å². The predicted molar refractivity (Wildman–Crippen MR) is 130 cm³/mol. The normalized spacial score (nSPS) is 11.1. The third-order valence-electron chi connectivity index (χ3n) is 5.13. The number of fused-ring (bicyclic) bond motifs is 1. The maximum absolute atomic E-state index is 12.7. The largest absolute Gasteiger partial charge is 0.343 e. The molecule has 5 nitrogen and oxygen atoms in total. The molecule has 0 saturated heterocycles. The zero-order valence-electron chi connectivity index (χ0n) is 18.2. The second-order valence-electron chi connectivity index (χ2n) is 7.92. The molecule has 6 heteroatoms. The van der Waals surface area contributed by atoms with Gasteiger partial charge < -0.3 is 20.1 Å². The van der Waals surface area contributed by atoms with E-state index >= 15 is 0 Å². The number of anilines is 1. The molecule has 0 amide bonds. The number of aromatic nitrogens is 1. The van der Waals surface area contributed by atoms with Crippen molar-refractivity contribution in [3.05, 3.63) is 75.6 Å². The number of likely N-dealkylation sites (N-methyl/N-ethyl adjacent to an activating group) is 1. The first-order chi connectivity index (χ1) is 14.4. The molecule has 158 valence electrons. The lowest BCUT2D eigenvalue weighted by molar-refractivity contribution is 0.327. The summed E-state index contributed by atoms with van der Waals surface area (Å²) in [4.78, 5) is 19.9. The molecule has 2 aromatic carbocycles. The number of aromatic amines is 1. The van der Waals surface area contributed by atoms with E-state index in [0.717, 1.165) is 36.1 Å². The number of H-pyrrole nitrogens is 1. The highest BCUT2D eigenvalue weighted by atomic mass is 32.1. The van der Waals surface area contributed by atoms with Crippen LogP contribution in [0.1, 0.15) is 23.6 Å². The van der Waals surface area contributed by atoms with Gasteiger partial charge in [0.2, 0.25) is 0 Å². The Hall–Kier alpha value is -2.70. The van der Waals surface area contributed by atoms with E-state index in [0.29, 0.717) is 17.2 Å². The van der Waals surface area contributed by atoms with Crippen molar-refractivity contribution in [1.82, 2.24) is 14.8 Å². The molecule has 0 saturated carbocycles. The summed E-state index contributed by atoms with van der Waals surface area (Å²) in [6.07, 6.45) is 0.962. The molecule has 3 aromatic rings. The molecule has 1 aromatic heterocycles. The molecule has 0 radical (unpaired) electrons. The van der Waals surface area contributed by atoms with Gasteiger partial charge >= 0.3 is 0 Å². The van der Waals surface area contributed by atoms with Gasteiger partial charge in [0.25, 0.3) is 5.56 Å². The smallest absolute Gasteiger partial charge is 0.253 e. The summed E-state index contributed by atoms with van der Waals surface area (Å²) < 4.78 is 0. The lowest BCUT2D eigenvalue weighted by Gasteiger charge is -2.27. The number of rotatable bonds is 7. The predicted octanol–water partition coefficient (Wildman–Crippen LogP) is 4.16. The average Bonchev–Trinajstić information content (AvgIpc) is 2.70. The van der Waals surface area contributed by atoms with Crippen LogP contribution in [-0.4, -0.2) is 47.1 Å². The molecule has 2 N–H and O–H groups in total. The fraction of sp³-hybridized carbons (Fsp3) is 0.333. The van der Waals surface area contributed by atoms with Gasteiger partial charge in [-0.2, -0.15) is 0 Å². The molecule has 0 aliphatic rings. The van der Waals surface area contributed by atoms with Gasteiger partial charge in [-0.1, -0.05) is 25.1 Å². The minimum atomic E-state index is -0.0695. The number of nitrogens with zero attached hydrogens (tertiary/aromatic N) is 2. The van der Waals surface area contributed by atoms with Gasteiger partial charge in [0.1, 0.15) is 0 Å². The van der Waals surface area contributed by atoms with Crippen molar-refractivity contribution in [2.45, 2.75) is 26.8 Å². The van der Waals surface area contributed by atoms with E-state index in [2.05, 4.69) is 58.2 Å². The number of nitrogens with one attached hydrogen (secondary N) is 2. The number of pyridine rings is 1. The fourth-order valence-electron chi connectivity index (χ4n) is 3.34. The summed E-state index contributed by atoms with van der Waals surface area (Å²) in [5.74, 6) is 0. The Bertz CT molecular complexity index is 1090. The van der Waals surface area contributed by atoms with Crippen molar-refractivity contribution >= 4 is 33.9 Å². The standard InChI is InChI=1S/C24H30N4OS/c1-5-18-9-10-22-19(14-18)15-20(23(29)26-22)16-28(12-11-27(3)4)24(30)25-21-8-6-7-17(2)13-21/h6-10,13-15H,5,11-12,16H2,1-4H3,(H,25,30)(H,26,29). The number of benzene rings is 2. The molecule has 0 aliphatic carbocycles. The van der Waals surface area contributed by atoms with Crippen molar-refractivity contribution in [2.75, 3.05) is 32.5 Å². The number of hydrogen-bond donors (Lipinski definition) is 2. The van der Waals surface area contributed by atoms with Gasteiger partial charge in [0.15, 0.2) is 5.11 Å². The maximum atomic E-state index is 12.7. The number of hydrogen-bond acceptors (Lipinski definition) is 3. The van der Waals surface area contributed by atoms with Gasteiger partial charge in [-0.3, -0.25) is 4.79 Å². The van der Waals surface area contributed by atoms with E-state index in [9.17, 15) is 4.79 Å². The summed E-state index contributed by atoms with van der Waals surface area (Å²) in [6, 6.07) is 16.3. The van der Waals surface area contributed by atoms with Crippen LogP contribution >= 0.6 is 12.2 Å². The third-order valence-corrected chi connectivity index (χ3v) is 5.49. The highest BCUT2D eigenvalue weighted by Crippen LogP contribution is 2.16. The molecule has 3 rings (SSSR count). The van der Waals surface area contributed by atoms with Gasteiger partial charge in [-0.25, -0.2) is 0 Å². The first-order valence-corrected chi connectivity index (χ1v) is 10.7. The van der Waals surface area contributed by atoms with E-state index in [1.165, 1.54) is 11.1 Å². The van der Waals surface area contributed by atoms with Crippen LogP contribution < -0.4 is 10.9 Å². The highest BCUT2D eigenvalue weighted by molar-refractivity contribution is 7.80. The number of aryl methyl sites for hydroxylation is 2. The first-order valence-electron chi connectivity index (χ1n) is 10.3. The fourth-order valence-corrected chi connectivity index (χ4v) is 3.62. The zero-order chi connectivity index (χ0) is 21.7. The van der Waals surface area contributed by atoms with Gasteiger partial charge in [0, 0.05) is 29.9 Å². The topological polar surface area (TPSA) is 51.4 Å². The Kier molecular flexibility index (Phi) is 7.24. The molecule has 0 bridgehead atoms. The Morgan fingerprint density at radius 2 is 1.90 bits per heavy atom. The zero-order valence-corrected chi connectivity index (χ0v) is 19.0. The molecule has 0 fully saturated rings. The van der Waals surface area contributed by atoms with Crippen LogP contribution in [0.3, 0.4) is 0 Å². The summed E-state index contributed by atoms with van der Waals surface area (Å²) in [6.45, 7) is 6.19. The monoisotopic (exact) mass is 422 g/mol. The van der Waals surface area contributed by atoms with Crippen LogP contribution in [0, 0.1) is 6.92 Å². The van der Waals surface area contributed by atoms with Crippen molar-refractivity contribution in [3.63, 3.8) is 0 Å². The maximum Gasteiger partial charge on any atom is 0.253 e. The van der Waals surface area contributed by atoms with Crippen molar-refractivity contribution in [1.29, 1.82) is 0 Å². The van der Waals surface area contributed by atoms with E-state index in [1.807, 2.05) is 38.4 Å². The Balaban J connectivity index is 1.87. The van der Waals surface area contributed by atoms with E-state index < -0.39 is 0 Å². The lowest BCUT2D eigenvalue weighted by atomic mass is 10.1. The van der Waals surface area contributed by atoms with Gasteiger partial charge in [-0.15, -0.1) is 0 Å². The van der Waals surface area contributed by atoms with Gasteiger partial charge in [0.05, 0.1) is 6.54 Å². The summed E-state index contributed by atoms with van der Waals surface area (Å²) in [5.41, 5.74) is 4.88. The van der Waals surface area contributed by atoms with Gasteiger partial charge in [-0.05, 0) is 86.5 Å². The summed E-state index contributed by atoms with van der Waals surface area (Å²) in [5, 5.41) is 4.99. The Morgan fingerprint density at radius 1 is 1.10 bits per heavy atom. The average molecular weight is 423 g/mol. The van der Waals surface area contributed by atoms with E-state index in [1.54, 1.807) is 0 Å². The minimum Gasteiger partial charge on any atom is -0.343 e. The summed E-state index contributed by atoms with van der Waals surface area (Å²) in [7, 11) is 4.06. The van der Waals surface area contributed by atoms with E-state index in [-0.39, 0.29) is 5.56 Å². The molecule has 30 heavy (non-hydrogen) atoms. The quantitative estimate of drug-likeness (QED) is 0.560. The van der Waals surface area contributed by atoms with Crippen molar-refractivity contribution in [3.8, 4) is 0 Å². The SMILES string of the molecule is CCc1ccc2[nH]c(=O)c(CN(CCN(C)C)C(=S)Nc3cccc(C)c3)cc2c1. The number of thiocarbonyl (C=S) groups is 1. The molecule has 0 aliphatic heterocycles. The molecule has 1 heterocycles. The Morgan fingerprint density at radius 3 is 2.60 bits per heavy atom. The van der Waals surface area contributed by atoms with Crippen LogP contribution in [0.15, 0.2) is 53.3 Å². The van der Waals surface area contributed by atoms with Crippen LogP contribution in [0.4, 0.5) is 5.69 Å². The second kappa shape index (κ2) is 9.87. The van der Waals surface area contributed by atoms with E-state index in [4.69, 9.17) is 12.2 Å². The minimum absolute atomic E-state index is 0.0695. The summed E-state index contributed by atoms with van der Waals surface area (Å²) >= 11 is 5.71. The molecular formula is C24H30N4OS. The van der Waals surface area contributed by atoms with Crippen LogP contribution in [0.5, 0.6) is 0 Å². The highest BCUT2D eigenvalue weighted by Gasteiger charge is 2.14. The third kappa shape index (κ3) is 5.68. The molecule has 0 atom stereocenters. The van der Waals surface area contributed by atoms with Crippen LogP contribution in [0.25, 0.3) is 10.9 Å². The first kappa shape index (κ1) is 22.0. The molecule has 0 spiro atoms. The second-order valence-corrected chi connectivity index (χ2v) is 8.31. The van der Waals surface area contributed by atoms with Crippen LogP contribution in [0.2, 0.25) is 0 Å². The van der Waals surface area contributed by atoms with Crippen molar-refractivity contribution < 1.29 is 0 Å².